The van der Waals surface area contributed by atoms with Crippen molar-refractivity contribution in [1.29, 1.82) is 0 Å². The first-order valence-electron chi connectivity index (χ1n) is 21.3. The minimum absolute atomic E-state index is 0.568. The first-order chi connectivity index (χ1) is 31.1. The Morgan fingerprint density at radius 3 is 1.73 bits per heavy atom. The van der Waals surface area contributed by atoms with Gasteiger partial charge in [-0.25, -0.2) is 15.0 Å². The molecule has 0 aliphatic rings. The van der Waals surface area contributed by atoms with Crippen molar-refractivity contribution in [2.24, 2.45) is 0 Å². The van der Waals surface area contributed by atoms with Gasteiger partial charge in [-0.3, -0.25) is 0 Å². The molecule has 9 aromatic carbocycles. The van der Waals surface area contributed by atoms with Crippen LogP contribution in [0, 0.1) is 6.92 Å². The summed E-state index contributed by atoms with van der Waals surface area (Å²) in [6, 6.07) is 74.4. The number of benzene rings is 9. The molecule has 3 heterocycles. The van der Waals surface area contributed by atoms with Gasteiger partial charge in [-0.15, -0.1) is 0 Å². The second-order valence-electron chi connectivity index (χ2n) is 16.1. The molecule has 0 fully saturated rings. The lowest BCUT2D eigenvalue weighted by molar-refractivity contribution is 0.669. The van der Waals surface area contributed by atoms with E-state index in [9.17, 15) is 0 Å². The summed E-state index contributed by atoms with van der Waals surface area (Å²) in [6.07, 6.45) is 0. The van der Waals surface area contributed by atoms with Gasteiger partial charge < -0.3 is 8.98 Å². The topological polar surface area (TPSA) is 56.7 Å². The average Bonchev–Trinajstić information content (AvgIpc) is 3.90. The molecule has 0 saturated carbocycles. The molecule has 3 aromatic heterocycles. The number of nitrogens with zero attached hydrogens (tertiary/aromatic N) is 4. The molecule has 5 nitrogen and oxygen atoms in total. The maximum absolute atomic E-state index is 6.67. The highest BCUT2D eigenvalue weighted by Gasteiger charge is 2.21. The molecule has 0 atom stereocenters. The quantitative estimate of drug-likeness (QED) is 0.161. The van der Waals surface area contributed by atoms with Crippen LogP contribution < -0.4 is 0 Å². The minimum atomic E-state index is 0.568. The lowest BCUT2D eigenvalue weighted by Gasteiger charge is -2.11. The number of hydrogen-bond donors (Lipinski definition) is 0. The summed E-state index contributed by atoms with van der Waals surface area (Å²) < 4.78 is 9.00. The molecular weight excluding hydrogens is 769 g/mol. The third-order valence-electron chi connectivity index (χ3n) is 12.1. The average molecular weight is 807 g/mol. The van der Waals surface area contributed by atoms with Gasteiger partial charge in [0.25, 0.3) is 0 Å². The standard InChI is InChI=1S/C58H38N4O/c1-37-15-10-18-39(33-37)41-20-12-22-43(35-41)56-59-57(61-58(60-56)49-27-13-29-51-54(49)47-25-8-9-28-50(47)62(51)45-23-6-3-7-24-45)44-31-32-48-53(36-44)63-52-30-14-26-46(55(48)52)42-21-11-19-40(34-42)38-16-4-2-5-17-38/h2-36H,1H3. The number of para-hydroxylation sites is 2. The van der Waals surface area contributed by atoms with E-state index in [0.29, 0.717) is 17.5 Å². The van der Waals surface area contributed by atoms with Crippen LogP contribution >= 0.6 is 0 Å². The van der Waals surface area contributed by atoms with E-state index in [0.717, 1.165) is 88.4 Å². The number of fused-ring (bicyclic) bond motifs is 6. The summed E-state index contributed by atoms with van der Waals surface area (Å²) >= 11 is 0. The fourth-order valence-electron chi connectivity index (χ4n) is 9.18. The summed E-state index contributed by atoms with van der Waals surface area (Å²) in [5.41, 5.74) is 15.6. The Kier molecular flexibility index (Phi) is 8.64. The largest absolute Gasteiger partial charge is 0.456 e. The third kappa shape index (κ3) is 6.37. The van der Waals surface area contributed by atoms with E-state index in [-0.39, 0.29) is 0 Å². The number of furan rings is 1. The van der Waals surface area contributed by atoms with E-state index in [1.807, 2.05) is 6.07 Å². The van der Waals surface area contributed by atoms with Crippen molar-refractivity contribution in [3.63, 3.8) is 0 Å². The highest BCUT2D eigenvalue weighted by atomic mass is 16.3. The molecule has 0 saturated heterocycles. The number of hydrogen-bond acceptors (Lipinski definition) is 4. The zero-order chi connectivity index (χ0) is 41.9. The third-order valence-corrected chi connectivity index (χ3v) is 12.1. The number of rotatable bonds is 7. The van der Waals surface area contributed by atoms with Gasteiger partial charge in [-0.1, -0.05) is 163 Å². The fraction of sp³-hybridized carbons (Fsp3) is 0.0172. The smallest absolute Gasteiger partial charge is 0.164 e. The Morgan fingerprint density at radius 2 is 0.921 bits per heavy atom. The molecule has 0 bridgehead atoms. The van der Waals surface area contributed by atoms with Gasteiger partial charge in [0.2, 0.25) is 0 Å². The van der Waals surface area contributed by atoms with Crippen LogP contribution in [0.25, 0.3) is 117 Å². The monoisotopic (exact) mass is 806 g/mol. The van der Waals surface area contributed by atoms with Crippen molar-refractivity contribution >= 4 is 43.7 Å². The van der Waals surface area contributed by atoms with Crippen LogP contribution in [0.4, 0.5) is 0 Å². The van der Waals surface area contributed by atoms with Crippen LogP contribution in [0.15, 0.2) is 217 Å². The number of aromatic nitrogens is 4. The summed E-state index contributed by atoms with van der Waals surface area (Å²) in [4.78, 5) is 15.9. The van der Waals surface area contributed by atoms with Gasteiger partial charge in [-0.05, 0) is 94.9 Å². The molecule has 63 heavy (non-hydrogen) atoms. The zero-order valence-corrected chi connectivity index (χ0v) is 34.4. The molecule has 0 N–H and O–H groups in total. The first-order valence-corrected chi connectivity index (χ1v) is 21.3. The Labute approximate surface area is 364 Å². The summed E-state index contributed by atoms with van der Waals surface area (Å²) in [5.74, 6) is 1.76. The maximum Gasteiger partial charge on any atom is 0.164 e. The van der Waals surface area contributed by atoms with Gasteiger partial charge >= 0.3 is 0 Å². The fourth-order valence-corrected chi connectivity index (χ4v) is 9.18. The summed E-state index contributed by atoms with van der Waals surface area (Å²) in [5, 5.41) is 4.33. The van der Waals surface area contributed by atoms with E-state index in [4.69, 9.17) is 19.4 Å². The SMILES string of the molecule is Cc1cccc(-c2cccc(-c3nc(-c4ccc5c(c4)oc4cccc(-c6cccc(-c7ccccc7)c6)c45)nc(-c4cccc5c4c4ccccc4n5-c4ccccc4)n3)c2)c1. The van der Waals surface area contributed by atoms with Gasteiger partial charge in [0.15, 0.2) is 17.5 Å². The molecule has 12 aromatic rings. The van der Waals surface area contributed by atoms with E-state index >= 15 is 0 Å². The Hall–Kier alpha value is -8.41. The van der Waals surface area contributed by atoms with Gasteiger partial charge in [0.05, 0.1) is 11.0 Å². The van der Waals surface area contributed by atoms with Gasteiger partial charge in [0, 0.05) is 43.9 Å². The normalized spacial score (nSPS) is 11.6. The summed E-state index contributed by atoms with van der Waals surface area (Å²) in [7, 11) is 0. The second kappa shape index (κ2) is 14.9. The predicted molar refractivity (Wildman–Crippen MR) is 259 cm³/mol. The second-order valence-corrected chi connectivity index (χ2v) is 16.1. The van der Waals surface area contributed by atoms with Crippen LogP contribution in [0.1, 0.15) is 5.56 Å². The first kappa shape index (κ1) is 36.4. The van der Waals surface area contributed by atoms with E-state index in [1.54, 1.807) is 0 Å². The van der Waals surface area contributed by atoms with Crippen LogP contribution in [-0.2, 0) is 0 Å². The van der Waals surface area contributed by atoms with Gasteiger partial charge in [0.1, 0.15) is 11.2 Å². The van der Waals surface area contributed by atoms with Crippen molar-refractivity contribution in [2.75, 3.05) is 0 Å². The Morgan fingerprint density at radius 1 is 0.349 bits per heavy atom. The molecular formula is C58H38N4O. The molecule has 0 spiro atoms. The molecule has 0 aliphatic heterocycles. The maximum atomic E-state index is 6.67. The lowest BCUT2D eigenvalue weighted by Crippen LogP contribution is -2.01. The van der Waals surface area contributed by atoms with Crippen LogP contribution in [0.5, 0.6) is 0 Å². The zero-order valence-electron chi connectivity index (χ0n) is 34.4. The molecule has 0 aliphatic carbocycles. The van der Waals surface area contributed by atoms with E-state index in [2.05, 4.69) is 218 Å². The van der Waals surface area contributed by atoms with Crippen LogP contribution in [-0.4, -0.2) is 19.5 Å². The predicted octanol–water partition coefficient (Wildman–Crippen LogP) is 15.2. The van der Waals surface area contributed by atoms with Crippen molar-refractivity contribution in [1.82, 2.24) is 19.5 Å². The Bertz CT molecular complexity index is 3700. The van der Waals surface area contributed by atoms with Crippen molar-refractivity contribution in [2.45, 2.75) is 6.92 Å². The highest BCUT2D eigenvalue weighted by Crippen LogP contribution is 2.41. The molecule has 0 amide bonds. The minimum Gasteiger partial charge on any atom is -0.456 e. The number of aryl methyl sites for hydroxylation is 1. The summed E-state index contributed by atoms with van der Waals surface area (Å²) in [6.45, 7) is 2.12. The van der Waals surface area contributed by atoms with E-state index < -0.39 is 0 Å². The van der Waals surface area contributed by atoms with Crippen molar-refractivity contribution in [3.05, 3.63) is 218 Å². The molecule has 296 valence electrons. The van der Waals surface area contributed by atoms with Crippen LogP contribution in [0.2, 0.25) is 0 Å². The lowest BCUT2D eigenvalue weighted by atomic mass is 9.96. The molecule has 0 unspecified atom stereocenters. The Balaban J connectivity index is 1.05. The molecule has 5 heteroatoms. The van der Waals surface area contributed by atoms with Crippen LogP contribution in [0.3, 0.4) is 0 Å². The highest BCUT2D eigenvalue weighted by molar-refractivity contribution is 6.16. The van der Waals surface area contributed by atoms with Crippen molar-refractivity contribution in [3.8, 4) is 73.2 Å². The van der Waals surface area contributed by atoms with Gasteiger partial charge in [-0.2, -0.15) is 0 Å². The van der Waals surface area contributed by atoms with E-state index in [1.165, 1.54) is 16.7 Å². The molecule has 12 rings (SSSR count). The molecule has 0 radical (unpaired) electrons. The van der Waals surface area contributed by atoms with Crippen molar-refractivity contribution < 1.29 is 4.42 Å².